The van der Waals surface area contributed by atoms with Crippen molar-refractivity contribution in [2.75, 3.05) is 13.8 Å². The fourth-order valence-corrected chi connectivity index (χ4v) is 1.07. The van der Waals surface area contributed by atoms with Crippen LogP contribution in [0.4, 0.5) is 0 Å². The van der Waals surface area contributed by atoms with Gasteiger partial charge in [-0.05, 0) is 38.0 Å². The maximum atomic E-state index is 8.10. The highest BCUT2D eigenvalue weighted by molar-refractivity contribution is 5.44. The molecule has 0 saturated heterocycles. The lowest BCUT2D eigenvalue weighted by Crippen LogP contribution is -2.23. The summed E-state index contributed by atoms with van der Waals surface area (Å²) in [5.74, 6) is 0.0360. The van der Waals surface area contributed by atoms with Crippen LogP contribution in [0.5, 0.6) is 11.5 Å². The van der Waals surface area contributed by atoms with E-state index in [1.54, 1.807) is 0 Å². The van der Waals surface area contributed by atoms with Crippen molar-refractivity contribution in [1.82, 2.24) is 5.32 Å². The molecular formula is C11H15NO2. The molecule has 3 nitrogen and oxygen atoms in total. The zero-order chi connectivity index (χ0) is 17.0. The second-order valence-corrected chi connectivity index (χ2v) is 2.70. The van der Waals surface area contributed by atoms with Crippen molar-refractivity contribution in [2.45, 2.75) is 19.2 Å². The summed E-state index contributed by atoms with van der Waals surface area (Å²) >= 11 is 0. The summed E-state index contributed by atoms with van der Waals surface area (Å²) in [6.07, 6.45) is -2.60. The van der Waals surface area contributed by atoms with E-state index in [0.29, 0.717) is 0 Å². The Morgan fingerprint density at radius 2 is 2.57 bits per heavy atom. The molecule has 0 amide bonds. The summed E-state index contributed by atoms with van der Waals surface area (Å²) < 4.78 is 71.0. The normalized spacial score (nSPS) is 31.8. The Morgan fingerprint density at radius 1 is 1.71 bits per heavy atom. The van der Waals surface area contributed by atoms with Gasteiger partial charge in [-0.2, -0.15) is 0 Å². The minimum absolute atomic E-state index is 0.0460. The van der Waals surface area contributed by atoms with Gasteiger partial charge in [0.2, 0.25) is 6.75 Å². The lowest BCUT2D eigenvalue weighted by molar-refractivity contribution is 0.174. The summed E-state index contributed by atoms with van der Waals surface area (Å²) in [6.45, 7) is -5.30. The number of fused-ring (bicyclic) bond motifs is 1. The second-order valence-electron chi connectivity index (χ2n) is 2.70. The first-order chi connectivity index (χ1) is 9.84. The molecule has 1 atom stereocenters. The molecule has 14 heavy (non-hydrogen) atoms. The van der Waals surface area contributed by atoms with Crippen LogP contribution in [0.1, 0.15) is 23.4 Å². The van der Waals surface area contributed by atoms with Gasteiger partial charge in [-0.3, -0.25) is 0 Å². The van der Waals surface area contributed by atoms with Crippen molar-refractivity contribution in [3.8, 4) is 11.5 Å². The van der Waals surface area contributed by atoms with E-state index < -0.39 is 26.0 Å². The molecule has 0 bridgehead atoms. The molecule has 1 N–H and O–H groups in total. The maximum absolute atomic E-state index is 8.10. The van der Waals surface area contributed by atoms with Gasteiger partial charge in [0.25, 0.3) is 0 Å². The van der Waals surface area contributed by atoms with Crippen molar-refractivity contribution in [2.24, 2.45) is 0 Å². The molecule has 1 aliphatic heterocycles. The summed E-state index contributed by atoms with van der Waals surface area (Å²) in [4.78, 5) is 0. The van der Waals surface area contributed by atoms with Crippen LogP contribution in [0.3, 0.4) is 0 Å². The standard InChI is InChI=1S/C11H15NO2/c1-8(12-2)5-9-3-4-10-11(6-9)14-7-13-10/h3-4,6,8,12H,5,7H2,1-2H3/i1D3,5D2,7D2,8D. The molecule has 1 aromatic carbocycles. The maximum Gasteiger partial charge on any atom is 0.231 e. The number of benzene rings is 1. The van der Waals surface area contributed by atoms with Crippen molar-refractivity contribution < 1.29 is 20.4 Å². The third-order valence-electron chi connectivity index (χ3n) is 1.77. The van der Waals surface area contributed by atoms with E-state index >= 15 is 0 Å². The monoisotopic (exact) mass is 201 g/mol. The van der Waals surface area contributed by atoms with Gasteiger partial charge in [0.05, 0.1) is 0 Å². The number of hydrogen-bond donors (Lipinski definition) is 1. The third-order valence-corrected chi connectivity index (χ3v) is 1.77. The van der Waals surface area contributed by atoms with Gasteiger partial charge in [-0.25, -0.2) is 0 Å². The van der Waals surface area contributed by atoms with Crippen LogP contribution >= 0.6 is 0 Å². The fourth-order valence-electron chi connectivity index (χ4n) is 1.07. The Balaban J connectivity index is 2.48. The zero-order valence-electron chi connectivity index (χ0n) is 15.5. The molecule has 0 aromatic heterocycles. The zero-order valence-corrected chi connectivity index (χ0v) is 7.55. The molecule has 1 unspecified atom stereocenters. The first-order valence-corrected chi connectivity index (χ1v) is 4.05. The minimum atomic E-state index is -2.93. The first-order valence-electron chi connectivity index (χ1n) is 8.05. The minimum Gasteiger partial charge on any atom is -0.454 e. The van der Waals surface area contributed by atoms with Gasteiger partial charge in [0.15, 0.2) is 11.5 Å². The fraction of sp³-hybridized carbons (Fsp3) is 0.455. The first kappa shape index (κ1) is 3.74. The van der Waals surface area contributed by atoms with E-state index in [1.165, 1.54) is 19.2 Å². The van der Waals surface area contributed by atoms with Crippen LogP contribution in [-0.2, 0) is 6.37 Å². The summed E-state index contributed by atoms with van der Waals surface area (Å²) in [6, 6.07) is 1.08. The molecule has 1 aromatic rings. The van der Waals surface area contributed by atoms with Crippen molar-refractivity contribution in [3.05, 3.63) is 23.8 Å². The highest BCUT2D eigenvalue weighted by Gasteiger charge is 2.13. The van der Waals surface area contributed by atoms with Crippen molar-refractivity contribution in [1.29, 1.82) is 0 Å². The summed E-state index contributed by atoms with van der Waals surface area (Å²) in [5, 5.41) is 2.22. The van der Waals surface area contributed by atoms with Crippen LogP contribution in [0.25, 0.3) is 0 Å². The molecule has 0 saturated carbocycles. The third kappa shape index (κ3) is 1.82. The second kappa shape index (κ2) is 3.88. The molecule has 1 heterocycles. The number of nitrogens with one attached hydrogen (secondary N) is 1. The van der Waals surface area contributed by atoms with E-state index in [9.17, 15) is 0 Å². The van der Waals surface area contributed by atoms with Crippen LogP contribution in [0.15, 0.2) is 18.2 Å². The number of rotatable bonds is 3. The molecular weight excluding hydrogens is 178 g/mol. The molecule has 0 fully saturated rings. The molecule has 0 radical (unpaired) electrons. The SMILES string of the molecule is [2H]C1([2H])Oc2ccc(C([2H])([2H])C([2H])(NC)C([2H])([2H])[2H])cc2O1. The van der Waals surface area contributed by atoms with Gasteiger partial charge in [0, 0.05) is 14.2 Å². The predicted molar refractivity (Wildman–Crippen MR) is 54.8 cm³/mol. The predicted octanol–water partition coefficient (Wildman–Crippen LogP) is 1.57. The van der Waals surface area contributed by atoms with E-state index in [1.807, 2.05) is 0 Å². The Hall–Kier alpha value is -1.22. The lowest BCUT2D eigenvalue weighted by Gasteiger charge is -2.09. The summed E-state index contributed by atoms with van der Waals surface area (Å²) in [7, 11) is 1.20. The van der Waals surface area contributed by atoms with Gasteiger partial charge in [-0.1, -0.05) is 6.07 Å². The van der Waals surface area contributed by atoms with E-state index in [0.717, 1.165) is 6.07 Å². The molecule has 0 aliphatic carbocycles. The molecule has 2 rings (SSSR count). The van der Waals surface area contributed by atoms with Gasteiger partial charge < -0.3 is 14.8 Å². The Labute approximate surface area is 95.3 Å². The smallest absolute Gasteiger partial charge is 0.231 e. The van der Waals surface area contributed by atoms with E-state index in [-0.39, 0.29) is 17.1 Å². The highest BCUT2D eigenvalue weighted by atomic mass is 16.7. The van der Waals surface area contributed by atoms with Crippen LogP contribution in [0, 0.1) is 0 Å². The largest absolute Gasteiger partial charge is 0.454 e. The van der Waals surface area contributed by atoms with Gasteiger partial charge >= 0.3 is 0 Å². The van der Waals surface area contributed by atoms with Crippen LogP contribution < -0.4 is 14.8 Å². The average Bonchev–Trinajstić information content (AvgIpc) is 2.68. The molecule has 76 valence electrons. The van der Waals surface area contributed by atoms with E-state index in [4.69, 9.17) is 20.4 Å². The number of ether oxygens (including phenoxy) is 2. The summed E-state index contributed by atoms with van der Waals surface area (Å²) in [5.41, 5.74) is -0.131. The molecule has 3 heteroatoms. The number of hydrogen-bond acceptors (Lipinski definition) is 3. The lowest BCUT2D eigenvalue weighted by atomic mass is 10.1. The average molecular weight is 201 g/mol. The van der Waals surface area contributed by atoms with Gasteiger partial charge in [0.1, 0.15) is 2.74 Å². The van der Waals surface area contributed by atoms with Crippen molar-refractivity contribution in [3.63, 3.8) is 0 Å². The Kier molecular flexibility index (Phi) is 1.04. The van der Waals surface area contributed by atoms with Crippen LogP contribution in [-0.4, -0.2) is 19.8 Å². The number of likely N-dealkylation sites (N-methyl/N-ethyl adjacent to an activating group) is 1. The Bertz CT molecular complexity index is 588. The van der Waals surface area contributed by atoms with E-state index in [2.05, 4.69) is 5.32 Å². The van der Waals surface area contributed by atoms with Crippen LogP contribution in [0.2, 0.25) is 0 Å². The quantitative estimate of drug-likeness (QED) is 0.805. The Morgan fingerprint density at radius 3 is 3.36 bits per heavy atom. The molecule has 0 spiro atoms. The van der Waals surface area contributed by atoms with Crippen molar-refractivity contribution >= 4 is 0 Å². The highest BCUT2D eigenvalue weighted by Crippen LogP contribution is 2.32. The topological polar surface area (TPSA) is 30.5 Å². The van der Waals surface area contributed by atoms with Gasteiger partial charge in [-0.15, -0.1) is 0 Å². The molecule has 1 aliphatic rings.